The molecule has 0 spiro atoms. The molecule has 0 aliphatic rings. The number of unbranched alkanes of at least 4 members (excludes halogenated alkanes) is 42. The van der Waals surface area contributed by atoms with Gasteiger partial charge in [-0.1, -0.05) is 348 Å². The largest absolute Gasteiger partial charge is 0.489 e. The number of benzene rings is 9. The average Bonchev–Trinajstić information content (AvgIpc) is 1.70. The summed E-state index contributed by atoms with van der Waals surface area (Å²) in [4.78, 5) is 0. The van der Waals surface area contributed by atoms with E-state index in [4.69, 9.17) is 28.4 Å². The van der Waals surface area contributed by atoms with Crippen molar-refractivity contribution in [1.82, 2.24) is 0 Å². The first-order chi connectivity index (χ1) is 60.9. The van der Waals surface area contributed by atoms with E-state index in [1.165, 1.54) is 324 Å². The quantitative estimate of drug-likeness (QED) is 0.0280. The maximum Gasteiger partial charge on any atom is 0.169 e. The molecule has 0 aliphatic heterocycles. The third-order valence-corrected chi connectivity index (χ3v) is 29.6. The standard InChI is InChI=1S/C114H150O6S3/c1-7-13-19-25-31-37-43-49-73-115-109-91-61-55-85-79-97(91)98-80-86(56-62-92(98)110(109)116-74-50-44-38-32-26-20-14-8-2)104-69-70-106(122-104)88-58-64-94-100(82-88)102-84-90(60-66-96(102)114(120-78-54-48-42-36-30-24-18-12-6)112(94)118-76-52-46-40-34-28-22-16-10-4)108-72-71-107(123-108)89-59-65-95-101(83-89)99-81-87(105-68-67-103(85)121-105)57-63-93(99)111(117-75-51-45-39-33-27-21-15-9-3)113(95)119-77-53-47-41-35-29-23-17-11-5/h55-72,79-84H,7-54,73-78H2,1-6H3. The molecule has 0 saturated heterocycles. The molecular formula is C114H150O6S3. The molecule has 0 fully saturated rings. The molecule has 123 heavy (non-hydrogen) atoms. The Bertz CT molecular complexity index is 4660. The minimum Gasteiger partial charge on any atom is -0.489 e. The second-order valence-electron chi connectivity index (χ2n) is 36.0. The molecule has 6 nitrogen and oxygen atoms in total. The monoisotopic (exact) mass is 1710 g/mol. The van der Waals surface area contributed by atoms with E-state index in [-0.39, 0.29) is 0 Å². The maximum absolute atomic E-state index is 7.23. The van der Waals surface area contributed by atoms with E-state index in [0.717, 1.165) is 144 Å². The first kappa shape index (κ1) is 93.1. The minimum absolute atomic E-state index is 0.654. The Labute approximate surface area is 751 Å². The number of hydrogen-bond donors (Lipinski definition) is 0. The molecule has 660 valence electrons. The van der Waals surface area contributed by atoms with Crippen molar-refractivity contribution < 1.29 is 28.4 Å². The summed E-state index contributed by atoms with van der Waals surface area (Å²) in [6, 6.07) is 57.2. The van der Waals surface area contributed by atoms with Crippen LogP contribution in [0.25, 0.3) is 125 Å². The van der Waals surface area contributed by atoms with Crippen LogP contribution in [-0.4, -0.2) is 39.6 Å². The van der Waals surface area contributed by atoms with Crippen molar-refractivity contribution in [3.63, 3.8) is 0 Å². The minimum atomic E-state index is 0.654. The Balaban J connectivity index is 1.00. The van der Waals surface area contributed by atoms with E-state index in [1.807, 2.05) is 34.0 Å². The molecule has 13 rings (SSSR count). The summed E-state index contributed by atoms with van der Waals surface area (Å²) in [7, 11) is 0. The zero-order valence-electron chi connectivity index (χ0n) is 76.7. The fourth-order valence-corrected chi connectivity index (χ4v) is 21.7. The Morgan fingerprint density at radius 2 is 0.276 bits per heavy atom. The van der Waals surface area contributed by atoms with Crippen molar-refractivity contribution in [2.45, 2.75) is 350 Å². The van der Waals surface area contributed by atoms with Gasteiger partial charge in [-0.3, -0.25) is 0 Å². The first-order valence-corrected chi connectivity index (χ1v) is 52.5. The Hall–Kier alpha value is -7.56. The number of rotatable bonds is 60. The van der Waals surface area contributed by atoms with Crippen molar-refractivity contribution in [3.8, 4) is 34.5 Å². The van der Waals surface area contributed by atoms with Crippen LogP contribution in [0, 0.1) is 0 Å². The van der Waals surface area contributed by atoms with Gasteiger partial charge in [0, 0.05) is 60.5 Å². The normalized spacial score (nSPS) is 12.0. The lowest BCUT2D eigenvalue weighted by Crippen LogP contribution is -2.04. The van der Waals surface area contributed by atoms with Crippen molar-refractivity contribution >= 4 is 159 Å². The summed E-state index contributed by atoms with van der Waals surface area (Å²) in [6.45, 7) is 17.8. The highest BCUT2D eigenvalue weighted by molar-refractivity contribution is 7.25. The van der Waals surface area contributed by atoms with Crippen molar-refractivity contribution in [1.29, 1.82) is 0 Å². The SMILES string of the molecule is CCCCCCCCCCOc1c(OCCCCCCCCCC)c2ccc3cc2c2cc(ccc12)c1ccc(s1)c1ccc2c(OCCCCCCCCCC)c(OCCCCCCCCCC)c4ccc(cc4c2c1)c1ccc(s1)c1ccc2c(OCCCCCCCCCC)c(OCCCCCCCCCC)c4ccc(cc4c2c1)c1ccc3s1. The third kappa shape index (κ3) is 26.1. The summed E-state index contributed by atoms with van der Waals surface area (Å²) in [5, 5.41) is 21.0. The van der Waals surface area contributed by atoms with Crippen molar-refractivity contribution in [2.24, 2.45) is 0 Å². The van der Waals surface area contributed by atoms with Gasteiger partial charge in [-0.2, -0.15) is 0 Å². The Morgan fingerprint density at radius 3 is 0.415 bits per heavy atom. The van der Waals surface area contributed by atoms with Crippen LogP contribution in [0.15, 0.2) is 146 Å². The van der Waals surface area contributed by atoms with E-state index < -0.39 is 0 Å². The summed E-state index contributed by atoms with van der Waals surface area (Å²) in [5.74, 6) is 5.30. The molecule has 0 atom stereocenters. The van der Waals surface area contributed by atoms with E-state index >= 15 is 0 Å². The molecule has 4 aromatic heterocycles. The molecule has 0 N–H and O–H groups in total. The van der Waals surface area contributed by atoms with Crippen LogP contribution in [0.4, 0.5) is 0 Å². The van der Waals surface area contributed by atoms with Gasteiger partial charge in [0.2, 0.25) is 0 Å². The smallest absolute Gasteiger partial charge is 0.169 e. The lowest BCUT2D eigenvalue weighted by atomic mass is 9.97. The molecule has 4 heterocycles. The summed E-state index contributed by atoms with van der Waals surface area (Å²) in [5.41, 5.74) is 0. The second kappa shape index (κ2) is 51.3. The van der Waals surface area contributed by atoms with E-state index in [9.17, 15) is 0 Å². The highest BCUT2D eigenvalue weighted by Crippen LogP contribution is 2.51. The van der Waals surface area contributed by atoms with Gasteiger partial charge in [0.25, 0.3) is 0 Å². The highest BCUT2D eigenvalue weighted by Gasteiger charge is 2.24. The van der Waals surface area contributed by atoms with Gasteiger partial charge in [-0.15, -0.1) is 34.0 Å². The van der Waals surface area contributed by atoms with Crippen LogP contribution >= 0.6 is 34.0 Å². The molecule has 0 radical (unpaired) electrons. The topological polar surface area (TPSA) is 55.4 Å². The number of fused-ring (bicyclic) bond motifs is 18. The molecule has 0 amide bonds. The maximum atomic E-state index is 7.23. The fourth-order valence-electron chi connectivity index (χ4n) is 18.7. The third-order valence-electron chi connectivity index (χ3n) is 26.1. The fraction of sp³-hybridized carbons (Fsp3) is 0.526. The molecule has 0 saturated carbocycles. The molecule has 0 aliphatic carbocycles. The van der Waals surface area contributed by atoms with Crippen LogP contribution < -0.4 is 28.4 Å². The van der Waals surface area contributed by atoms with E-state index in [2.05, 4.69) is 187 Å². The molecule has 13 aromatic rings. The lowest BCUT2D eigenvalue weighted by Gasteiger charge is -2.19. The summed E-state index contributed by atoms with van der Waals surface area (Å²) < 4.78 is 50.8. The molecule has 0 unspecified atom stereocenters. The van der Waals surface area contributed by atoms with Crippen LogP contribution in [0.2, 0.25) is 0 Å². The second-order valence-corrected chi connectivity index (χ2v) is 39.2. The van der Waals surface area contributed by atoms with Crippen molar-refractivity contribution in [3.05, 3.63) is 146 Å². The summed E-state index contributed by atoms with van der Waals surface area (Å²) >= 11 is 5.65. The zero-order valence-corrected chi connectivity index (χ0v) is 79.2. The van der Waals surface area contributed by atoms with Crippen LogP contribution in [0.3, 0.4) is 0 Å². The molecule has 9 aromatic carbocycles. The predicted molar refractivity (Wildman–Crippen MR) is 545 cm³/mol. The number of thiophene rings is 3. The van der Waals surface area contributed by atoms with Gasteiger partial charge in [-0.25, -0.2) is 0 Å². The van der Waals surface area contributed by atoms with Gasteiger partial charge >= 0.3 is 0 Å². The number of ether oxygens (including phenoxy) is 6. The van der Waals surface area contributed by atoms with Gasteiger partial charge in [0.15, 0.2) is 34.5 Å². The van der Waals surface area contributed by atoms with Crippen LogP contribution in [-0.2, 0) is 0 Å². The molecule has 9 heteroatoms. The molecule has 18 bridgehead atoms. The molecular weight excluding hydrogens is 1560 g/mol. The predicted octanol–water partition coefficient (Wildman–Crippen LogP) is 38.5. The van der Waals surface area contributed by atoms with Gasteiger partial charge in [0.1, 0.15) is 0 Å². The van der Waals surface area contributed by atoms with Gasteiger partial charge in [0.05, 0.1) is 39.6 Å². The lowest BCUT2D eigenvalue weighted by molar-refractivity contribution is 0.263. The number of hydrogen-bond acceptors (Lipinski definition) is 9. The summed E-state index contributed by atoms with van der Waals surface area (Å²) in [6.07, 6.45) is 59.8. The van der Waals surface area contributed by atoms with E-state index in [1.54, 1.807) is 0 Å². The van der Waals surface area contributed by atoms with E-state index in [0.29, 0.717) is 39.6 Å². The Morgan fingerprint density at radius 1 is 0.146 bits per heavy atom. The van der Waals surface area contributed by atoms with Crippen LogP contribution in [0.5, 0.6) is 34.5 Å². The van der Waals surface area contributed by atoms with Gasteiger partial charge < -0.3 is 28.4 Å². The Kier molecular flexibility index (Phi) is 38.8. The van der Waals surface area contributed by atoms with Crippen LogP contribution in [0.1, 0.15) is 350 Å². The van der Waals surface area contributed by atoms with Gasteiger partial charge in [-0.05, 0) is 212 Å². The highest BCUT2D eigenvalue weighted by atomic mass is 32.1. The van der Waals surface area contributed by atoms with Crippen molar-refractivity contribution in [2.75, 3.05) is 39.6 Å². The average molecular weight is 1710 g/mol. The first-order valence-electron chi connectivity index (χ1n) is 50.1. The zero-order chi connectivity index (χ0) is 84.8.